The van der Waals surface area contributed by atoms with Gasteiger partial charge in [0.25, 0.3) is 5.91 Å². The molecule has 3 aromatic carbocycles. The lowest BCUT2D eigenvalue weighted by Crippen LogP contribution is -2.47. The Hall–Kier alpha value is -2.80. The molecule has 0 atom stereocenters. The van der Waals surface area contributed by atoms with Gasteiger partial charge in [-0.15, -0.1) is 0 Å². The van der Waals surface area contributed by atoms with Crippen molar-refractivity contribution in [2.45, 2.75) is 18.3 Å². The van der Waals surface area contributed by atoms with Crippen LogP contribution in [0.25, 0.3) is 0 Å². The molecule has 0 unspecified atom stereocenters. The first kappa shape index (κ1) is 23.9. The van der Waals surface area contributed by atoms with Crippen LogP contribution >= 0.6 is 23.2 Å². The van der Waals surface area contributed by atoms with Crippen molar-refractivity contribution < 1.29 is 18.4 Å². The molecule has 180 valence electrons. The maximum Gasteiger partial charge on any atom is 0.261 e. The molecule has 0 aliphatic carbocycles. The zero-order valence-corrected chi connectivity index (χ0v) is 20.3. The molecule has 1 saturated heterocycles. The lowest BCUT2D eigenvalue weighted by atomic mass is 9.74. The first-order valence-electron chi connectivity index (χ1n) is 11.3. The highest BCUT2D eigenvalue weighted by Crippen LogP contribution is 2.48. The van der Waals surface area contributed by atoms with Crippen LogP contribution in [0.15, 0.2) is 60.7 Å². The number of nitrogens with zero attached hydrogens (tertiary/aromatic N) is 2. The highest BCUT2D eigenvalue weighted by molar-refractivity contribution is 6.31. The molecule has 1 fully saturated rings. The number of fused-ring (bicyclic) bond motifs is 2. The van der Waals surface area contributed by atoms with E-state index in [1.807, 2.05) is 6.07 Å². The second-order valence-corrected chi connectivity index (χ2v) is 10.0. The van der Waals surface area contributed by atoms with Gasteiger partial charge >= 0.3 is 0 Å². The molecule has 0 bridgehead atoms. The second-order valence-electron chi connectivity index (χ2n) is 9.14. The number of halogens is 4. The zero-order valence-electron chi connectivity index (χ0n) is 18.7. The van der Waals surface area contributed by atoms with E-state index in [0.717, 1.165) is 11.6 Å². The van der Waals surface area contributed by atoms with E-state index in [1.54, 1.807) is 36.4 Å². The summed E-state index contributed by atoms with van der Waals surface area (Å²) in [5.41, 5.74) is 1.53. The largest absolute Gasteiger partial charge is 0.307 e. The van der Waals surface area contributed by atoms with Crippen LogP contribution in [0.3, 0.4) is 0 Å². The van der Waals surface area contributed by atoms with Gasteiger partial charge in [-0.1, -0.05) is 29.3 Å². The standard InChI is InChI=1S/C27H22Cl2F2N2O2/c28-18-6-4-17(5-7-18)24(34)15-32-12-10-27(11-13-32)16-33(23-9-8-19(29)14-21(23)27)26(35)20-2-1-3-22(30)25(20)31/h1-9,14H,10-13,15-16H2. The van der Waals surface area contributed by atoms with Gasteiger partial charge in [-0.05, 0) is 86.1 Å². The third-order valence-electron chi connectivity index (χ3n) is 7.06. The van der Waals surface area contributed by atoms with E-state index in [4.69, 9.17) is 23.2 Å². The SMILES string of the molecule is O=C(CN1CCC2(CC1)CN(C(=O)c1cccc(F)c1F)c1ccc(Cl)cc12)c1ccc(Cl)cc1. The molecule has 0 aromatic heterocycles. The fourth-order valence-corrected chi connectivity index (χ4v) is 5.43. The molecule has 3 aromatic rings. The van der Waals surface area contributed by atoms with Gasteiger partial charge in [-0.25, -0.2) is 8.78 Å². The second kappa shape index (κ2) is 9.34. The molecular weight excluding hydrogens is 493 g/mol. The number of carbonyl (C=O) groups is 2. The van der Waals surface area contributed by atoms with Crippen molar-refractivity contribution in [3.63, 3.8) is 0 Å². The number of amides is 1. The summed E-state index contributed by atoms with van der Waals surface area (Å²) in [4.78, 5) is 29.6. The maximum absolute atomic E-state index is 14.4. The fourth-order valence-electron chi connectivity index (χ4n) is 5.13. The lowest BCUT2D eigenvalue weighted by molar-refractivity contribution is 0.0881. The normalized spacial score (nSPS) is 17.0. The number of hydrogen-bond acceptors (Lipinski definition) is 3. The number of Topliss-reactive ketones (excluding diaryl/α,β-unsaturated/α-hetero) is 1. The Morgan fingerprint density at radius 3 is 2.31 bits per heavy atom. The Kier molecular flexibility index (Phi) is 6.38. The van der Waals surface area contributed by atoms with E-state index < -0.39 is 17.5 Å². The quantitative estimate of drug-likeness (QED) is 0.392. The van der Waals surface area contributed by atoms with Gasteiger partial charge in [0.1, 0.15) is 0 Å². The number of piperidine rings is 1. The van der Waals surface area contributed by atoms with E-state index in [1.165, 1.54) is 17.0 Å². The van der Waals surface area contributed by atoms with Crippen molar-refractivity contribution in [3.8, 4) is 0 Å². The summed E-state index contributed by atoms with van der Waals surface area (Å²) in [5.74, 6) is -2.77. The van der Waals surface area contributed by atoms with E-state index in [2.05, 4.69) is 4.90 Å². The number of benzene rings is 3. The number of hydrogen-bond donors (Lipinski definition) is 0. The third kappa shape index (κ3) is 4.46. The van der Waals surface area contributed by atoms with Gasteiger partial charge < -0.3 is 4.90 Å². The van der Waals surface area contributed by atoms with Gasteiger partial charge in [0.15, 0.2) is 17.4 Å². The summed E-state index contributed by atoms with van der Waals surface area (Å²) < 4.78 is 28.2. The van der Waals surface area contributed by atoms with Crippen LogP contribution in [0.5, 0.6) is 0 Å². The molecule has 0 saturated carbocycles. The van der Waals surface area contributed by atoms with Crippen molar-refractivity contribution in [2.75, 3.05) is 31.1 Å². The first-order valence-corrected chi connectivity index (χ1v) is 12.1. The highest BCUT2D eigenvalue weighted by Gasteiger charge is 2.47. The topological polar surface area (TPSA) is 40.6 Å². The Balaban J connectivity index is 1.36. The zero-order chi connectivity index (χ0) is 24.7. The maximum atomic E-state index is 14.4. The molecule has 35 heavy (non-hydrogen) atoms. The van der Waals surface area contributed by atoms with Gasteiger partial charge in [-0.2, -0.15) is 0 Å². The molecule has 1 spiro atoms. The van der Waals surface area contributed by atoms with Crippen molar-refractivity contribution in [3.05, 3.63) is 99.0 Å². The molecule has 2 aliphatic rings. The molecule has 4 nitrogen and oxygen atoms in total. The molecule has 2 aliphatic heterocycles. The molecule has 0 radical (unpaired) electrons. The van der Waals surface area contributed by atoms with Crippen LogP contribution in [0.2, 0.25) is 10.0 Å². The van der Waals surface area contributed by atoms with E-state index >= 15 is 0 Å². The number of ketones is 1. The molecule has 1 amide bonds. The smallest absolute Gasteiger partial charge is 0.261 e. The third-order valence-corrected chi connectivity index (χ3v) is 7.54. The van der Waals surface area contributed by atoms with Crippen LogP contribution in [-0.4, -0.2) is 42.8 Å². The van der Waals surface area contributed by atoms with Gasteiger partial charge in [-0.3, -0.25) is 14.5 Å². The average molecular weight is 515 g/mol. The van der Waals surface area contributed by atoms with Crippen molar-refractivity contribution in [2.24, 2.45) is 0 Å². The van der Waals surface area contributed by atoms with Crippen molar-refractivity contribution in [1.29, 1.82) is 0 Å². The predicted octanol–water partition coefficient (Wildman–Crippen LogP) is 6.15. The van der Waals surface area contributed by atoms with Crippen LogP contribution < -0.4 is 4.90 Å². The minimum atomic E-state index is -1.15. The van der Waals surface area contributed by atoms with Crippen molar-refractivity contribution >= 4 is 40.6 Å². The monoisotopic (exact) mass is 514 g/mol. The molecular formula is C27H22Cl2F2N2O2. The van der Waals surface area contributed by atoms with E-state index in [0.29, 0.717) is 53.8 Å². The average Bonchev–Trinajstić information content (AvgIpc) is 3.15. The Morgan fingerprint density at radius 2 is 1.60 bits per heavy atom. The summed E-state index contributed by atoms with van der Waals surface area (Å²) in [7, 11) is 0. The summed E-state index contributed by atoms with van der Waals surface area (Å²) in [6, 6.07) is 15.8. The van der Waals surface area contributed by atoms with Gasteiger partial charge in [0.05, 0.1) is 12.1 Å². The van der Waals surface area contributed by atoms with Crippen molar-refractivity contribution in [1.82, 2.24) is 4.90 Å². The summed E-state index contributed by atoms with van der Waals surface area (Å²) in [6.45, 7) is 1.94. The number of likely N-dealkylation sites (tertiary alicyclic amines) is 1. The van der Waals surface area contributed by atoms with Crippen LogP contribution in [0.1, 0.15) is 39.1 Å². The van der Waals surface area contributed by atoms with Crippen LogP contribution in [0.4, 0.5) is 14.5 Å². The van der Waals surface area contributed by atoms with E-state index in [9.17, 15) is 18.4 Å². The summed E-state index contributed by atoms with van der Waals surface area (Å²) in [5, 5.41) is 1.13. The van der Waals surface area contributed by atoms with Crippen LogP contribution in [-0.2, 0) is 5.41 Å². The molecule has 5 rings (SSSR count). The Labute approximate surface area is 212 Å². The Morgan fingerprint density at radius 1 is 0.914 bits per heavy atom. The summed E-state index contributed by atoms with van der Waals surface area (Å²) in [6.07, 6.45) is 1.40. The minimum absolute atomic E-state index is 0.0193. The highest BCUT2D eigenvalue weighted by atomic mass is 35.5. The fraction of sp³-hybridized carbons (Fsp3) is 0.259. The number of anilines is 1. The summed E-state index contributed by atoms with van der Waals surface area (Å²) >= 11 is 12.2. The molecule has 0 N–H and O–H groups in total. The minimum Gasteiger partial charge on any atom is -0.307 e. The van der Waals surface area contributed by atoms with E-state index in [-0.39, 0.29) is 23.3 Å². The predicted molar refractivity (Wildman–Crippen MR) is 133 cm³/mol. The van der Waals surface area contributed by atoms with Gasteiger partial charge in [0, 0.05) is 33.3 Å². The molecule has 2 heterocycles. The molecule has 8 heteroatoms. The number of rotatable bonds is 4. The Bertz CT molecular complexity index is 1310. The van der Waals surface area contributed by atoms with Crippen LogP contribution in [0, 0.1) is 11.6 Å². The number of carbonyl (C=O) groups excluding carboxylic acids is 2. The van der Waals surface area contributed by atoms with Gasteiger partial charge in [0.2, 0.25) is 0 Å². The first-order chi connectivity index (χ1) is 16.8. The lowest BCUT2D eigenvalue weighted by Gasteiger charge is -2.39.